The highest BCUT2D eigenvalue weighted by Gasteiger charge is 2.11. The van der Waals surface area contributed by atoms with Gasteiger partial charge in [-0.05, 0) is 17.7 Å². The summed E-state index contributed by atoms with van der Waals surface area (Å²) in [6, 6.07) is 20.6. The SMILES string of the molecule is COCC(Nc1cnc2ccccc2c1)c1ccccc1. The summed E-state index contributed by atoms with van der Waals surface area (Å²) in [5.41, 5.74) is 3.21. The third kappa shape index (κ3) is 3.20. The molecular formula is C18H18N2O. The van der Waals surface area contributed by atoms with Crippen LogP contribution in [-0.4, -0.2) is 18.7 Å². The van der Waals surface area contributed by atoms with Gasteiger partial charge in [-0.15, -0.1) is 0 Å². The van der Waals surface area contributed by atoms with Gasteiger partial charge in [0.05, 0.1) is 30.0 Å². The number of hydrogen-bond donors (Lipinski definition) is 1. The highest BCUT2D eigenvalue weighted by Crippen LogP contribution is 2.22. The fraction of sp³-hybridized carbons (Fsp3) is 0.167. The van der Waals surface area contributed by atoms with Gasteiger partial charge in [0.2, 0.25) is 0 Å². The average Bonchev–Trinajstić information content (AvgIpc) is 2.55. The van der Waals surface area contributed by atoms with E-state index in [4.69, 9.17) is 4.74 Å². The molecule has 0 aliphatic heterocycles. The van der Waals surface area contributed by atoms with E-state index in [1.165, 1.54) is 5.56 Å². The number of benzene rings is 2. The Bertz CT molecular complexity index is 712. The van der Waals surface area contributed by atoms with Gasteiger partial charge in [0.15, 0.2) is 0 Å². The van der Waals surface area contributed by atoms with Crippen LogP contribution in [0.4, 0.5) is 5.69 Å². The van der Waals surface area contributed by atoms with Crippen LogP contribution in [0, 0.1) is 0 Å². The number of methoxy groups -OCH3 is 1. The van der Waals surface area contributed by atoms with E-state index in [2.05, 4.69) is 34.6 Å². The number of nitrogens with one attached hydrogen (secondary N) is 1. The Kier molecular flexibility index (Phi) is 4.12. The normalized spacial score (nSPS) is 12.2. The molecule has 0 saturated carbocycles. The lowest BCUT2D eigenvalue weighted by Gasteiger charge is -2.19. The molecule has 2 aromatic carbocycles. The number of ether oxygens (including phenoxy) is 1. The number of para-hydroxylation sites is 1. The molecule has 1 unspecified atom stereocenters. The molecule has 0 amide bonds. The number of fused-ring (bicyclic) bond motifs is 1. The molecule has 0 bridgehead atoms. The molecule has 3 rings (SSSR count). The van der Waals surface area contributed by atoms with Crippen molar-refractivity contribution >= 4 is 16.6 Å². The van der Waals surface area contributed by atoms with Gasteiger partial charge >= 0.3 is 0 Å². The minimum Gasteiger partial charge on any atom is -0.382 e. The van der Waals surface area contributed by atoms with E-state index in [1.807, 2.05) is 42.6 Å². The number of nitrogens with zero attached hydrogens (tertiary/aromatic N) is 1. The first-order chi connectivity index (χ1) is 10.4. The molecule has 3 nitrogen and oxygen atoms in total. The lowest BCUT2D eigenvalue weighted by Crippen LogP contribution is -2.16. The predicted molar refractivity (Wildman–Crippen MR) is 86.4 cm³/mol. The molecule has 21 heavy (non-hydrogen) atoms. The standard InChI is InChI=1S/C18H18N2O/c1-21-13-18(14-7-3-2-4-8-14)20-16-11-15-9-5-6-10-17(15)19-12-16/h2-12,18,20H,13H2,1H3. The first kappa shape index (κ1) is 13.6. The first-order valence-corrected chi connectivity index (χ1v) is 7.02. The molecule has 3 heteroatoms. The Morgan fingerprint density at radius 2 is 1.81 bits per heavy atom. The number of aromatic nitrogens is 1. The smallest absolute Gasteiger partial charge is 0.0748 e. The van der Waals surface area contributed by atoms with Crippen LogP contribution in [-0.2, 0) is 4.74 Å². The molecule has 0 fully saturated rings. The summed E-state index contributed by atoms with van der Waals surface area (Å²) in [5.74, 6) is 0. The molecule has 0 aliphatic carbocycles. The van der Waals surface area contributed by atoms with Crippen molar-refractivity contribution in [2.24, 2.45) is 0 Å². The summed E-state index contributed by atoms with van der Waals surface area (Å²) in [7, 11) is 1.72. The van der Waals surface area contributed by atoms with Crippen LogP contribution < -0.4 is 5.32 Å². The van der Waals surface area contributed by atoms with Crippen LogP contribution in [0.2, 0.25) is 0 Å². The molecule has 1 N–H and O–H groups in total. The van der Waals surface area contributed by atoms with Crippen LogP contribution in [0.25, 0.3) is 10.9 Å². The van der Waals surface area contributed by atoms with Crippen molar-refractivity contribution < 1.29 is 4.74 Å². The van der Waals surface area contributed by atoms with E-state index in [1.54, 1.807) is 7.11 Å². The van der Waals surface area contributed by atoms with Gasteiger partial charge in [-0.25, -0.2) is 0 Å². The maximum Gasteiger partial charge on any atom is 0.0748 e. The van der Waals surface area contributed by atoms with E-state index < -0.39 is 0 Å². The van der Waals surface area contributed by atoms with Gasteiger partial charge in [0.25, 0.3) is 0 Å². The summed E-state index contributed by atoms with van der Waals surface area (Å²) in [5, 5.41) is 4.63. The van der Waals surface area contributed by atoms with Crippen LogP contribution in [0.1, 0.15) is 11.6 Å². The minimum atomic E-state index is 0.110. The Morgan fingerprint density at radius 1 is 1.05 bits per heavy atom. The van der Waals surface area contributed by atoms with Gasteiger partial charge in [-0.3, -0.25) is 4.98 Å². The van der Waals surface area contributed by atoms with Crippen molar-refractivity contribution in [3.63, 3.8) is 0 Å². The van der Waals surface area contributed by atoms with E-state index in [0.29, 0.717) is 6.61 Å². The van der Waals surface area contributed by atoms with Crippen LogP contribution in [0.3, 0.4) is 0 Å². The molecular weight excluding hydrogens is 260 g/mol. The largest absolute Gasteiger partial charge is 0.382 e. The number of pyridine rings is 1. The predicted octanol–water partition coefficient (Wildman–Crippen LogP) is 4.03. The van der Waals surface area contributed by atoms with Crippen LogP contribution >= 0.6 is 0 Å². The zero-order valence-corrected chi connectivity index (χ0v) is 12.0. The van der Waals surface area contributed by atoms with E-state index in [0.717, 1.165) is 16.6 Å². The number of hydrogen-bond acceptors (Lipinski definition) is 3. The van der Waals surface area contributed by atoms with Crippen molar-refractivity contribution in [3.05, 3.63) is 72.4 Å². The first-order valence-electron chi connectivity index (χ1n) is 7.02. The summed E-state index contributed by atoms with van der Waals surface area (Å²) in [6.07, 6.45) is 1.87. The third-order valence-electron chi connectivity index (χ3n) is 3.47. The van der Waals surface area contributed by atoms with Gasteiger partial charge in [0.1, 0.15) is 0 Å². The lowest BCUT2D eigenvalue weighted by atomic mass is 10.1. The molecule has 0 radical (unpaired) electrons. The molecule has 1 aromatic heterocycles. The van der Waals surface area contributed by atoms with Crippen LogP contribution in [0.15, 0.2) is 66.9 Å². The molecule has 1 atom stereocenters. The Hall–Kier alpha value is -2.39. The van der Waals surface area contributed by atoms with Crippen molar-refractivity contribution in [3.8, 4) is 0 Å². The van der Waals surface area contributed by atoms with Crippen molar-refractivity contribution in [2.45, 2.75) is 6.04 Å². The molecule has 0 aliphatic rings. The van der Waals surface area contributed by atoms with E-state index in [-0.39, 0.29) is 6.04 Å². The summed E-state index contributed by atoms with van der Waals surface area (Å²) in [6.45, 7) is 0.608. The molecule has 0 saturated heterocycles. The van der Waals surface area contributed by atoms with Crippen molar-refractivity contribution in [1.29, 1.82) is 0 Å². The summed E-state index contributed by atoms with van der Waals surface area (Å²) in [4.78, 5) is 4.48. The molecule has 3 aromatic rings. The monoisotopic (exact) mass is 278 g/mol. The maximum atomic E-state index is 5.34. The Balaban J connectivity index is 1.87. The van der Waals surface area contributed by atoms with Gasteiger partial charge in [-0.1, -0.05) is 48.5 Å². The van der Waals surface area contributed by atoms with Crippen LogP contribution in [0.5, 0.6) is 0 Å². The minimum absolute atomic E-state index is 0.110. The van der Waals surface area contributed by atoms with Gasteiger partial charge in [0, 0.05) is 12.5 Å². The van der Waals surface area contributed by atoms with Crippen molar-refractivity contribution in [2.75, 3.05) is 19.0 Å². The maximum absolute atomic E-state index is 5.34. The fourth-order valence-electron chi connectivity index (χ4n) is 2.42. The number of anilines is 1. The van der Waals surface area contributed by atoms with Gasteiger partial charge in [-0.2, -0.15) is 0 Å². The second kappa shape index (κ2) is 6.37. The second-order valence-corrected chi connectivity index (χ2v) is 4.98. The molecule has 106 valence electrons. The van der Waals surface area contributed by atoms with E-state index >= 15 is 0 Å². The summed E-state index contributed by atoms with van der Waals surface area (Å²) >= 11 is 0. The van der Waals surface area contributed by atoms with Crippen molar-refractivity contribution in [1.82, 2.24) is 4.98 Å². The fourth-order valence-corrected chi connectivity index (χ4v) is 2.42. The Labute approximate surface area is 124 Å². The lowest BCUT2D eigenvalue weighted by molar-refractivity contribution is 0.186. The highest BCUT2D eigenvalue weighted by atomic mass is 16.5. The zero-order chi connectivity index (χ0) is 14.5. The second-order valence-electron chi connectivity index (χ2n) is 4.98. The number of rotatable bonds is 5. The average molecular weight is 278 g/mol. The molecule has 0 spiro atoms. The molecule has 1 heterocycles. The topological polar surface area (TPSA) is 34.1 Å². The van der Waals surface area contributed by atoms with Gasteiger partial charge < -0.3 is 10.1 Å². The zero-order valence-electron chi connectivity index (χ0n) is 12.0. The highest BCUT2D eigenvalue weighted by molar-refractivity contribution is 5.81. The van der Waals surface area contributed by atoms with E-state index in [9.17, 15) is 0 Å². The quantitative estimate of drug-likeness (QED) is 0.765. The Morgan fingerprint density at radius 3 is 2.62 bits per heavy atom. The summed E-state index contributed by atoms with van der Waals surface area (Å²) < 4.78 is 5.34. The third-order valence-corrected chi connectivity index (χ3v) is 3.47.